The van der Waals surface area contributed by atoms with Gasteiger partial charge in [-0.2, -0.15) is 5.10 Å². The van der Waals surface area contributed by atoms with Crippen LogP contribution in [0.2, 0.25) is 0 Å². The third kappa shape index (κ3) is 4.08. The summed E-state index contributed by atoms with van der Waals surface area (Å²) in [6, 6.07) is 11.1. The van der Waals surface area contributed by atoms with E-state index < -0.39 is 0 Å². The van der Waals surface area contributed by atoms with Gasteiger partial charge in [0.1, 0.15) is 11.8 Å². The third-order valence-electron chi connectivity index (χ3n) is 4.11. The molecule has 0 bridgehead atoms. The molecule has 1 aromatic carbocycles. The molecule has 1 N–H and O–H groups in total. The van der Waals surface area contributed by atoms with E-state index in [1.165, 1.54) is 0 Å². The van der Waals surface area contributed by atoms with Gasteiger partial charge in [0.15, 0.2) is 0 Å². The molecule has 6 heteroatoms. The largest absolute Gasteiger partial charge is 0.438 e. The van der Waals surface area contributed by atoms with Gasteiger partial charge in [-0.05, 0) is 44.0 Å². The van der Waals surface area contributed by atoms with Crippen molar-refractivity contribution in [3.8, 4) is 11.6 Å². The van der Waals surface area contributed by atoms with Crippen molar-refractivity contribution in [3.63, 3.8) is 0 Å². The van der Waals surface area contributed by atoms with Gasteiger partial charge in [0.05, 0.1) is 6.20 Å². The van der Waals surface area contributed by atoms with Gasteiger partial charge >= 0.3 is 0 Å². The fourth-order valence-corrected chi connectivity index (χ4v) is 2.52. The quantitative estimate of drug-likeness (QED) is 0.738. The summed E-state index contributed by atoms with van der Waals surface area (Å²) in [6.07, 6.45) is 5.26. The Morgan fingerprint density at radius 1 is 1.23 bits per heavy atom. The Morgan fingerprint density at radius 3 is 2.77 bits per heavy atom. The van der Waals surface area contributed by atoms with Crippen molar-refractivity contribution in [2.75, 3.05) is 0 Å². The topological polar surface area (TPSA) is 69.0 Å². The second kappa shape index (κ2) is 7.82. The number of nitrogens with one attached hydrogen (secondary N) is 1. The van der Waals surface area contributed by atoms with Gasteiger partial charge in [-0.1, -0.05) is 24.3 Å². The lowest BCUT2D eigenvalue weighted by Gasteiger charge is -2.15. The fourth-order valence-electron chi connectivity index (χ4n) is 2.52. The second-order valence-corrected chi connectivity index (χ2v) is 6.23. The zero-order chi connectivity index (χ0) is 18.5. The highest BCUT2D eigenvalue weighted by Crippen LogP contribution is 2.25. The lowest BCUT2D eigenvalue weighted by molar-refractivity contribution is -0.124. The summed E-state index contributed by atoms with van der Waals surface area (Å²) in [5, 5.41) is 7.12. The first-order chi connectivity index (χ1) is 12.5. The molecule has 2 aromatic heterocycles. The summed E-state index contributed by atoms with van der Waals surface area (Å²) in [5.74, 6) is 1.13. The smallest absolute Gasteiger partial charge is 0.244 e. The number of benzene rings is 1. The maximum Gasteiger partial charge on any atom is 0.244 e. The molecule has 1 amide bonds. The molecule has 0 unspecified atom stereocenters. The number of pyridine rings is 1. The molecule has 0 aliphatic carbocycles. The third-order valence-corrected chi connectivity index (χ3v) is 4.11. The zero-order valence-corrected chi connectivity index (χ0v) is 15.1. The molecule has 26 heavy (non-hydrogen) atoms. The first kappa shape index (κ1) is 17.7. The Kier molecular flexibility index (Phi) is 5.31. The van der Waals surface area contributed by atoms with Gasteiger partial charge in [-0.25, -0.2) is 4.98 Å². The van der Waals surface area contributed by atoms with Crippen LogP contribution in [-0.2, 0) is 11.3 Å². The second-order valence-electron chi connectivity index (χ2n) is 6.23. The number of carbonyl (C=O) groups is 1. The molecule has 2 heterocycles. The van der Waals surface area contributed by atoms with Crippen molar-refractivity contribution in [2.45, 2.75) is 33.4 Å². The molecule has 134 valence electrons. The summed E-state index contributed by atoms with van der Waals surface area (Å²) < 4.78 is 7.59. The maximum atomic E-state index is 12.4. The Labute approximate surface area is 152 Å². The zero-order valence-electron chi connectivity index (χ0n) is 15.1. The van der Waals surface area contributed by atoms with Gasteiger partial charge in [-0.3, -0.25) is 9.48 Å². The van der Waals surface area contributed by atoms with E-state index in [1.54, 1.807) is 17.1 Å². The van der Waals surface area contributed by atoms with Crippen LogP contribution in [0.1, 0.15) is 29.7 Å². The van der Waals surface area contributed by atoms with Crippen molar-refractivity contribution >= 4 is 5.91 Å². The number of carbonyl (C=O) groups excluding carboxylic acids is 1. The number of nitrogens with zero attached hydrogens (tertiary/aromatic N) is 3. The molecule has 0 saturated carbocycles. The lowest BCUT2D eigenvalue weighted by atomic mass is 10.2. The fraction of sp³-hybridized carbons (Fsp3) is 0.250. The standard InChI is InChI=1S/C20H22N4O2/c1-14-11-23-24(13-14)16(3)19(25)22-12-17-8-6-10-21-20(17)26-18-9-5-4-7-15(18)2/h4-11,13,16H,12H2,1-3H3,(H,22,25)/t16-/m0/s1. The Bertz CT molecular complexity index is 904. The maximum absolute atomic E-state index is 12.4. The highest BCUT2D eigenvalue weighted by molar-refractivity contribution is 5.79. The van der Waals surface area contributed by atoms with Crippen molar-refractivity contribution < 1.29 is 9.53 Å². The molecule has 6 nitrogen and oxygen atoms in total. The summed E-state index contributed by atoms with van der Waals surface area (Å²) in [6.45, 7) is 6.07. The molecular formula is C20H22N4O2. The predicted molar refractivity (Wildman–Crippen MR) is 99.0 cm³/mol. The molecule has 0 spiro atoms. The van der Waals surface area contributed by atoms with Crippen LogP contribution >= 0.6 is 0 Å². The summed E-state index contributed by atoms with van der Waals surface area (Å²) in [7, 11) is 0. The van der Waals surface area contributed by atoms with Crippen molar-refractivity contribution in [1.29, 1.82) is 0 Å². The minimum atomic E-state index is -0.388. The molecule has 1 atom stereocenters. The van der Waals surface area contributed by atoms with Crippen molar-refractivity contribution in [3.05, 3.63) is 71.7 Å². The summed E-state index contributed by atoms with van der Waals surface area (Å²) in [5.41, 5.74) is 2.86. The van der Waals surface area contributed by atoms with Gasteiger partial charge in [0.25, 0.3) is 0 Å². The summed E-state index contributed by atoms with van der Waals surface area (Å²) in [4.78, 5) is 16.7. The number of ether oxygens (including phenoxy) is 1. The normalized spacial score (nSPS) is 11.8. The van der Waals surface area contributed by atoms with Crippen LogP contribution < -0.4 is 10.1 Å². The van der Waals surface area contributed by atoms with E-state index in [0.717, 1.165) is 22.4 Å². The number of para-hydroxylation sites is 1. The van der Waals surface area contributed by atoms with Crippen LogP contribution in [-0.4, -0.2) is 20.7 Å². The molecule has 0 radical (unpaired) electrons. The van der Waals surface area contributed by atoms with E-state index in [2.05, 4.69) is 15.4 Å². The van der Waals surface area contributed by atoms with Gasteiger partial charge in [0, 0.05) is 24.5 Å². The SMILES string of the molecule is Cc1cnn([C@@H](C)C(=O)NCc2cccnc2Oc2ccccc2C)c1. The average Bonchev–Trinajstić information content (AvgIpc) is 3.08. The Balaban J connectivity index is 1.68. The van der Waals surface area contributed by atoms with Crippen LogP contribution in [0.25, 0.3) is 0 Å². The molecule has 0 saturated heterocycles. The highest BCUT2D eigenvalue weighted by atomic mass is 16.5. The van der Waals surface area contributed by atoms with Crippen LogP contribution in [0.4, 0.5) is 0 Å². The molecule has 0 fully saturated rings. The number of hydrogen-bond donors (Lipinski definition) is 1. The molecule has 0 aliphatic heterocycles. The molecule has 0 aliphatic rings. The van der Waals surface area contributed by atoms with E-state index in [0.29, 0.717) is 12.4 Å². The number of aryl methyl sites for hydroxylation is 2. The lowest BCUT2D eigenvalue weighted by Crippen LogP contribution is -2.31. The van der Waals surface area contributed by atoms with Crippen LogP contribution in [0.3, 0.4) is 0 Å². The van der Waals surface area contributed by atoms with Crippen molar-refractivity contribution in [1.82, 2.24) is 20.1 Å². The average molecular weight is 350 g/mol. The monoisotopic (exact) mass is 350 g/mol. The van der Waals surface area contributed by atoms with Gasteiger partial charge < -0.3 is 10.1 Å². The summed E-state index contributed by atoms with van der Waals surface area (Å²) >= 11 is 0. The van der Waals surface area contributed by atoms with Gasteiger partial charge in [0.2, 0.25) is 11.8 Å². The van der Waals surface area contributed by atoms with Crippen LogP contribution in [0.15, 0.2) is 55.0 Å². The predicted octanol–water partition coefficient (Wildman–Crippen LogP) is 3.56. The van der Waals surface area contributed by atoms with Crippen LogP contribution in [0.5, 0.6) is 11.6 Å². The number of hydrogen-bond acceptors (Lipinski definition) is 4. The van der Waals surface area contributed by atoms with Gasteiger partial charge in [-0.15, -0.1) is 0 Å². The van der Waals surface area contributed by atoms with E-state index in [-0.39, 0.29) is 11.9 Å². The minimum absolute atomic E-state index is 0.112. The first-order valence-electron chi connectivity index (χ1n) is 8.50. The van der Waals surface area contributed by atoms with E-state index >= 15 is 0 Å². The molecule has 3 aromatic rings. The molecule has 3 rings (SSSR count). The van der Waals surface area contributed by atoms with E-state index in [4.69, 9.17) is 4.74 Å². The van der Waals surface area contributed by atoms with E-state index in [9.17, 15) is 4.79 Å². The van der Waals surface area contributed by atoms with Crippen LogP contribution in [0, 0.1) is 13.8 Å². The molecular weight excluding hydrogens is 328 g/mol. The highest BCUT2D eigenvalue weighted by Gasteiger charge is 2.16. The Hall–Kier alpha value is -3.15. The van der Waals surface area contributed by atoms with Crippen molar-refractivity contribution in [2.24, 2.45) is 0 Å². The number of amides is 1. The number of aromatic nitrogens is 3. The van der Waals surface area contributed by atoms with E-state index in [1.807, 2.05) is 63.4 Å². The number of rotatable bonds is 6. The first-order valence-corrected chi connectivity index (χ1v) is 8.50. The Morgan fingerprint density at radius 2 is 2.04 bits per heavy atom. The minimum Gasteiger partial charge on any atom is -0.438 e.